The zero-order chi connectivity index (χ0) is 33.9. The van der Waals surface area contributed by atoms with Crippen molar-refractivity contribution in [3.05, 3.63) is 104 Å². The zero-order valence-electron chi connectivity index (χ0n) is 26.7. The molecule has 12 nitrogen and oxygen atoms in total. The molecule has 1 N–H and O–H groups in total. The van der Waals surface area contributed by atoms with Gasteiger partial charge in [-0.3, -0.25) is 9.36 Å². The third kappa shape index (κ3) is 6.89. The van der Waals surface area contributed by atoms with E-state index in [0.29, 0.717) is 35.1 Å². The molecule has 3 aromatic heterocycles. The van der Waals surface area contributed by atoms with Crippen molar-refractivity contribution < 1.29 is 28.5 Å². The van der Waals surface area contributed by atoms with E-state index in [2.05, 4.69) is 10.2 Å². The van der Waals surface area contributed by atoms with Gasteiger partial charge in [0.05, 0.1) is 51.3 Å². The minimum atomic E-state index is -1.90. The van der Waals surface area contributed by atoms with Crippen LogP contribution in [0.4, 0.5) is 4.39 Å². The van der Waals surface area contributed by atoms with Crippen molar-refractivity contribution >= 4 is 27.5 Å². The average Bonchev–Trinajstić information content (AvgIpc) is 3.69. The fraction of sp³-hybridized carbons (Fsp3) is 0.364. The summed E-state index contributed by atoms with van der Waals surface area (Å²) in [4.78, 5) is 42.1. The molecule has 0 aliphatic rings. The van der Waals surface area contributed by atoms with Crippen molar-refractivity contribution in [3.8, 4) is 10.8 Å². The molecule has 0 saturated heterocycles. The predicted molar refractivity (Wildman–Crippen MR) is 174 cm³/mol. The molecule has 248 valence electrons. The van der Waals surface area contributed by atoms with Crippen LogP contribution in [0.1, 0.15) is 43.6 Å². The summed E-state index contributed by atoms with van der Waals surface area (Å²) in [6.45, 7) is 6.96. The van der Waals surface area contributed by atoms with Gasteiger partial charge in [-0.15, -0.1) is 4.80 Å². The molecular formula is C33H36FN5O7S. The number of halogens is 1. The molecule has 1 unspecified atom stereocenters. The number of fused-ring (bicyclic) bond motifs is 1. The monoisotopic (exact) mass is 665 g/mol. The van der Waals surface area contributed by atoms with Crippen LogP contribution in [0.5, 0.6) is 5.75 Å². The maximum Gasteiger partial charge on any atom is 0.333 e. The van der Waals surface area contributed by atoms with Crippen molar-refractivity contribution in [3.63, 3.8) is 0 Å². The second-order valence-electron chi connectivity index (χ2n) is 11.7. The minimum absolute atomic E-state index is 0.0983. The van der Waals surface area contributed by atoms with Crippen LogP contribution in [0.3, 0.4) is 0 Å². The molecule has 2 atom stereocenters. The lowest BCUT2D eigenvalue weighted by atomic mass is 10.1. The average molecular weight is 666 g/mol. The van der Waals surface area contributed by atoms with Crippen molar-refractivity contribution in [1.82, 2.24) is 24.1 Å². The highest BCUT2D eigenvalue weighted by Crippen LogP contribution is 2.34. The Kier molecular flexibility index (Phi) is 10.0. The third-order valence-corrected chi connectivity index (χ3v) is 9.13. The summed E-state index contributed by atoms with van der Waals surface area (Å²) < 4.78 is 34.6. The summed E-state index contributed by atoms with van der Waals surface area (Å²) in [7, 11) is 1.44. The first kappa shape index (κ1) is 33.7. The van der Waals surface area contributed by atoms with Gasteiger partial charge in [0.15, 0.2) is 0 Å². The van der Waals surface area contributed by atoms with E-state index in [1.165, 1.54) is 60.9 Å². The second-order valence-corrected chi connectivity index (χ2v) is 12.7. The number of aromatic nitrogens is 5. The number of methoxy groups -OCH3 is 1. The van der Waals surface area contributed by atoms with Gasteiger partial charge in [0.1, 0.15) is 33.0 Å². The Balaban J connectivity index is 1.59. The summed E-state index contributed by atoms with van der Waals surface area (Å²) in [5.41, 5.74) is -1.69. The fourth-order valence-corrected chi connectivity index (χ4v) is 6.46. The fourth-order valence-electron chi connectivity index (χ4n) is 5.24. The van der Waals surface area contributed by atoms with E-state index in [1.54, 1.807) is 6.92 Å². The van der Waals surface area contributed by atoms with Gasteiger partial charge in [0.2, 0.25) is 0 Å². The molecule has 0 radical (unpaired) electrons. The van der Waals surface area contributed by atoms with E-state index in [-0.39, 0.29) is 29.3 Å². The number of carboxylic acids is 1. The first-order chi connectivity index (χ1) is 22.4. The standard InChI is InChI=1S/C33H36FN5O7S/c1-20(17-45-19-22-9-7-6-8-10-22)18-46-26(24-15-23(34)11-12-25(24)44-5)16-37-30-27(21(2)29(47-30)39-35-13-14-36-39)28(40)38(32(37)43)33(3,4)31(41)42/h6-15,20,26H,16-19H2,1-5H3,(H,41,42)/t20?,26-/m0/s1. The van der Waals surface area contributed by atoms with Gasteiger partial charge in [-0.2, -0.15) is 10.2 Å². The van der Waals surface area contributed by atoms with Crippen LogP contribution in [0.25, 0.3) is 15.2 Å². The van der Waals surface area contributed by atoms with Gasteiger partial charge in [-0.1, -0.05) is 48.6 Å². The smallest absolute Gasteiger partial charge is 0.333 e. The van der Waals surface area contributed by atoms with E-state index in [9.17, 15) is 23.9 Å². The number of thiophene rings is 1. The molecule has 14 heteroatoms. The molecule has 5 rings (SSSR count). The lowest BCUT2D eigenvalue weighted by molar-refractivity contribution is -0.146. The summed E-state index contributed by atoms with van der Waals surface area (Å²) in [5.74, 6) is -1.67. The van der Waals surface area contributed by atoms with Crippen molar-refractivity contribution in [2.75, 3.05) is 20.3 Å². The number of aryl methyl sites for hydroxylation is 1. The molecule has 0 spiro atoms. The lowest BCUT2D eigenvalue weighted by Crippen LogP contribution is -2.52. The summed E-state index contributed by atoms with van der Waals surface area (Å²) in [5, 5.41) is 19.1. The molecule has 0 saturated carbocycles. The zero-order valence-corrected chi connectivity index (χ0v) is 27.5. The van der Waals surface area contributed by atoms with Gasteiger partial charge >= 0.3 is 11.7 Å². The van der Waals surface area contributed by atoms with Gasteiger partial charge in [0.25, 0.3) is 5.56 Å². The lowest BCUT2D eigenvalue weighted by Gasteiger charge is -2.26. The highest BCUT2D eigenvalue weighted by Gasteiger charge is 2.36. The molecule has 3 heterocycles. The van der Waals surface area contributed by atoms with Crippen molar-refractivity contribution in [1.29, 1.82) is 0 Å². The number of nitrogens with zero attached hydrogens (tertiary/aromatic N) is 5. The number of carbonyl (C=O) groups is 1. The normalized spacial score (nSPS) is 13.1. The molecule has 0 aliphatic carbocycles. The molecule has 2 aromatic carbocycles. The molecule has 0 bridgehead atoms. The van der Waals surface area contributed by atoms with Crippen LogP contribution >= 0.6 is 11.3 Å². The van der Waals surface area contributed by atoms with Crippen molar-refractivity contribution in [2.24, 2.45) is 5.92 Å². The minimum Gasteiger partial charge on any atom is -0.496 e. The van der Waals surface area contributed by atoms with Crippen LogP contribution in [-0.4, -0.2) is 55.5 Å². The Morgan fingerprint density at radius 2 is 1.79 bits per heavy atom. The van der Waals surface area contributed by atoms with Crippen LogP contribution in [0, 0.1) is 18.7 Å². The Morgan fingerprint density at radius 3 is 2.45 bits per heavy atom. The maximum absolute atomic E-state index is 14.7. The van der Waals surface area contributed by atoms with Crippen LogP contribution in [-0.2, 0) is 33.0 Å². The van der Waals surface area contributed by atoms with Gasteiger partial charge in [0, 0.05) is 17.0 Å². The highest BCUT2D eigenvalue weighted by molar-refractivity contribution is 7.21. The van der Waals surface area contributed by atoms with E-state index in [4.69, 9.17) is 14.2 Å². The van der Waals surface area contributed by atoms with Crippen LogP contribution in [0.2, 0.25) is 0 Å². The summed E-state index contributed by atoms with van der Waals surface area (Å²) in [6.07, 6.45) is 2.01. The van der Waals surface area contributed by atoms with Crippen LogP contribution in [0.15, 0.2) is 70.5 Å². The number of carboxylic acid groups (broad SMARTS) is 1. The van der Waals surface area contributed by atoms with E-state index in [1.807, 2.05) is 37.3 Å². The van der Waals surface area contributed by atoms with E-state index < -0.39 is 34.7 Å². The number of ether oxygens (including phenoxy) is 3. The van der Waals surface area contributed by atoms with Crippen LogP contribution < -0.4 is 16.0 Å². The Hall–Kier alpha value is -4.66. The first-order valence-electron chi connectivity index (χ1n) is 14.9. The van der Waals surface area contributed by atoms with Gasteiger partial charge < -0.3 is 19.3 Å². The topological polar surface area (TPSA) is 140 Å². The van der Waals surface area contributed by atoms with E-state index >= 15 is 0 Å². The van der Waals surface area contributed by atoms with Crippen molar-refractivity contribution in [2.45, 2.75) is 52.5 Å². The number of rotatable bonds is 14. The molecule has 47 heavy (non-hydrogen) atoms. The predicted octanol–water partition coefficient (Wildman–Crippen LogP) is 4.69. The molecule has 0 fully saturated rings. The number of hydrogen-bond acceptors (Lipinski definition) is 9. The maximum atomic E-state index is 14.7. The summed E-state index contributed by atoms with van der Waals surface area (Å²) >= 11 is 1.11. The molecule has 5 aromatic rings. The highest BCUT2D eigenvalue weighted by atomic mass is 32.1. The quantitative estimate of drug-likeness (QED) is 0.179. The Labute approximate surface area is 273 Å². The number of aliphatic carboxylic acids is 1. The Morgan fingerprint density at radius 1 is 1.09 bits per heavy atom. The summed E-state index contributed by atoms with van der Waals surface area (Å²) in [6, 6.07) is 13.7. The van der Waals surface area contributed by atoms with Gasteiger partial charge in [-0.25, -0.2) is 18.5 Å². The first-order valence-corrected chi connectivity index (χ1v) is 15.7. The van der Waals surface area contributed by atoms with E-state index in [0.717, 1.165) is 21.5 Å². The largest absolute Gasteiger partial charge is 0.496 e. The molecule has 0 amide bonds. The number of hydrogen-bond donors (Lipinski definition) is 1. The molecular weight excluding hydrogens is 629 g/mol. The number of benzene rings is 2. The third-order valence-electron chi connectivity index (χ3n) is 7.85. The van der Waals surface area contributed by atoms with Gasteiger partial charge in [-0.05, 0) is 44.5 Å². The Bertz CT molecular complexity index is 1990. The SMILES string of the molecule is COc1ccc(F)cc1[C@H](Cn1c(=O)n(C(C)(C)C(=O)O)c(=O)c2c(C)c(-n3nccn3)sc21)OCC(C)COCc1ccccc1. The molecule has 0 aliphatic heterocycles. The second kappa shape index (κ2) is 14.0.